The van der Waals surface area contributed by atoms with Gasteiger partial charge in [-0.15, -0.1) is 0 Å². The highest BCUT2D eigenvalue weighted by Crippen LogP contribution is 2.41. The van der Waals surface area contributed by atoms with Crippen LogP contribution in [0.25, 0.3) is 11.3 Å². The van der Waals surface area contributed by atoms with Crippen molar-refractivity contribution in [2.75, 3.05) is 12.8 Å². The van der Waals surface area contributed by atoms with Crippen molar-refractivity contribution in [1.82, 2.24) is 20.1 Å². The van der Waals surface area contributed by atoms with Gasteiger partial charge in [0.1, 0.15) is 15.6 Å². The first-order valence-corrected chi connectivity index (χ1v) is 14.9. The molecule has 2 aromatic heterocycles. The van der Waals surface area contributed by atoms with Crippen LogP contribution in [0.2, 0.25) is 0 Å². The lowest BCUT2D eigenvalue weighted by Gasteiger charge is -2.27. The third-order valence-electron chi connectivity index (χ3n) is 7.44. The van der Waals surface area contributed by atoms with E-state index in [4.69, 9.17) is 0 Å². The zero-order valence-corrected chi connectivity index (χ0v) is 23.9. The van der Waals surface area contributed by atoms with E-state index < -0.39 is 40.4 Å². The van der Waals surface area contributed by atoms with E-state index in [2.05, 4.69) is 20.1 Å². The third-order valence-corrected chi connectivity index (χ3v) is 9.12. The maximum Gasteiger partial charge on any atom is 0.394 e. The van der Waals surface area contributed by atoms with Gasteiger partial charge >= 0.3 is 12.8 Å². The Labute approximate surface area is 230 Å². The van der Waals surface area contributed by atoms with Crippen molar-refractivity contribution < 1.29 is 39.9 Å². The first-order chi connectivity index (χ1) is 18.4. The van der Waals surface area contributed by atoms with Crippen LogP contribution in [-0.4, -0.2) is 59.9 Å². The molecule has 0 bridgehead atoms. The minimum Gasteiger partial charge on any atom is -0.434 e. The molecule has 0 saturated heterocycles. The van der Waals surface area contributed by atoms with Gasteiger partial charge in [0.25, 0.3) is 5.91 Å². The molecule has 0 aromatic carbocycles. The summed E-state index contributed by atoms with van der Waals surface area (Å²) in [6.45, 7) is 2.66. The monoisotopic (exact) mass is 594 g/mol. The standard InChI is InChI=1S/C26H35F5N4O4S/c1-6-35-22(19-14-32-17(11-20(19)39-24(27)28)12-25(3,4)26(29,30)31)15(2)21(34-35)23(36)33-13-16-7-9-18(10-8-16)40(5,37)38/h11,14,16,18,24H,6-10,12-13H2,1-5H3,(H,33,36). The topological polar surface area (TPSA) is 103 Å². The molecule has 2 aromatic rings. The third kappa shape index (κ3) is 7.29. The summed E-state index contributed by atoms with van der Waals surface area (Å²) in [5.41, 5.74) is -1.45. The molecule has 1 amide bonds. The number of pyridine rings is 1. The summed E-state index contributed by atoms with van der Waals surface area (Å²) in [7, 11) is -3.10. The summed E-state index contributed by atoms with van der Waals surface area (Å²) in [6.07, 6.45) is -0.323. The molecule has 3 rings (SSSR count). The van der Waals surface area contributed by atoms with E-state index in [1.165, 1.54) is 10.9 Å². The molecule has 1 saturated carbocycles. The molecule has 0 atom stereocenters. The van der Waals surface area contributed by atoms with Crippen molar-refractivity contribution in [3.8, 4) is 17.0 Å². The number of nitrogens with one attached hydrogen (secondary N) is 1. The molecule has 1 fully saturated rings. The SMILES string of the molecule is CCn1nc(C(=O)NCC2CCC(S(C)(=O)=O)CC2)c(C)c1-c1cnc(CC(C)(C)C(F)(F)F)cc1OC(F)F. The summed E-state index contributed by atoms with van der Waals surface area (Å²) in [4.78, 5) is 17.2. The number of hydrogen-bond donors (Lipinski definition) is 1. The minimum atomic E-state index is -4.54. The van der Waals surface area contributed by atoms with Gasteiger partial charge in [0.2, 0.25) is 0 Å². The van der Waals surface area contributed by atoms with E-state index in [-0.39, 0.29) is 46.1 Å². The Morgan fingerprint density at radius 3 is 2.35 bits per heavy atom. The Hall–Kier alpha value is -2.77. The fourth-order valence-electron chi connectivity index (χ4n) is 4.92. The van der Waals surface area contributed by atoms with Crippen LogP contribution in [0.1, 0.15) is 68.2 Å². The predicted octanol–water partition coefficient (Wildman–Crippen LogP) is 5.34. The molecule has 0 radical (unpaired) electrons. The molecule has 1 aliphatic carbocycles. The largest absolute Gasteiger partial charge is 0.434 e. The Bertz CT molecular complexity index is 1320. The zero-order valence-electron chi connectivity index (χ0n) is 23.1. The van der Waals surface area contributed by atoms with Gasteiger partial charge in [-0.3, -0.25) is 14.5 Å². The lowest BCUT2D eigenvalue weighted by atomic mass is 9.86. The number of hydrogen-bond acceptors (Lipinski definition) is 6. The summed E-state index contributed by atoms with van der Waals surface area (Å²) >= 11 is 0. The molecule has 0 aliphatic heterocycles. The second-order valence-corrected chi connectivity index (χ2v) is 13.3. The lowest BCUT2D eigenvalue weighted by Crippen LogP contribution is -2.34. The maximum atomic E-state index is 13.4. The second kappa shape index (κ2) is 12.0. The van der Waals surface area contributed by atoms with Gasteiger partial charge in [0, 0.05) is 49.3 Å². The van der Waals surface area contributed by atoms with Crippen molar-refractivity contribution >= 4 is 15.7 Å². The molecular formula is C26H35F5N4O4S. The molecule has 0 unspecified atom stereocenters. The number of ether oxygens (including phenoxy) is 1. The Kier molecular flexibility index (Phi) is 9.52. The van der Waals surface area contributed by atoms with Crippen LogP contribution in [0.3, 0.4) is 0 Å². The quantitative estimate of drug-likeness (QED) is 0.373. The van der Waals surface area contributed by atoms with Crippen LogP contribution >= 0.6 is 0 Å². The molecule has 2 heterocycles. The van der Waals surface area contributed by atoms with Crippen LogP contribution < -0.4 is 10.1 Å². The van der Waals surface area contributed by atoms with Crippen molar-refractivity contribution in [3.05, 3.63) is 29.2 Å². The Balaban J connectivity index is 1.86. The van der Waals surface area contributed by atoms with Crippen molar-refractivity contribution in [2.24, 2.45) is 11.3 Å². The number of nitrogens with zero attached hydrogens (tertiary/aromatic N) is 3. The van der Waals surface area contributed by atoms with Gasteiger partial charge in [0.05, 0.1) is 21.9 Å². The number of aromatic nitrogens is 3. The summed E-state index contributed by atoms with van der Waals surface area (Å²) < 4.78 is 96.5. The highest BCUT2D eigenvalue weighted by atomic mass is 32.2. The number of carbonyl (C=O) groups excluding carboxylic acids is 1. The maximum absolute atomic E-state index is 13.4. The van der Waals surface area contributed by atoms with Crippen LogP contribution in [0.5, 0.6) is 5.75 Å². The highest BCUT2D eigenvalue weighted by molar-refractivity contribution is 7.91. The first kappa shape index (κ1) is 31.8. The number of sulfone groups is 1. The van der Waals surface area contributed by atoms with Crippen molar-refractivity contribution in [3.63, 3.8) is 0 Å². The van der Waals surface area contributed by atoms with Gasteiger partial charge in [-0.05, 0) is 45.4 Å². The average Bonchev–Trinajstić information content (AvgIpc) is 3.17. The number of aryl methyl sites for hydroxylation is 1. The number of alkyl halides is 5. The van der Waals surface area contributed by atoms with Crippen LogP contribution in [0, 0.1) is 18.3 Å². The van der Waals surface area contributed by atoms with Gasteiger partial charge in [-0.2, -0.15) is 27.1 Å². The predicted molar refractivity (Wildman–Crippen MR) is 139 cm³/mol. The van der Waals surface area contributed by atoms with Crippen LogP contribution in [-0.2, 0) is 22.8 Å². The second-order valence-electron chi connectivity index (χ2n) is 10.9. The molecule has 1 aliphatic rings. The number of rotatable bonds is 10. The fraction of sp³-hybridized carbons (Fsp3) is 0.654. The highest BCUT2D eigenvalue weighted by Gasteiger charge is 2.47. The molecular weight excluding hydrogens is 559 g/mol. The molecule has 224 valence electrons. The van der Waals surface area contributed by atoms with Gasteiger partial charge in [0.15, 0.2) is 5.69 Å². The van der Waals surface area contributed by atoms with E-state index in [0.717, 1.165) is 26.1 Å². The fourth-order valence-corrected chi connectivity index (χ4v) is 6.05. The molecule has 14 heteroatoms. The van der Waals surface area contributed by atoms with E-state index in [1.54, 1.807) is 13.8 Å². The summed E-state index contributed by atoms with van der Waals surface area (Å²) in [5.74, 6) is -0.743. The molecule has 8 nitrogen and oxygen atoms in total. The van der Waals surface area contributed by atoms with Crippen LogP contribution in [0.4, 0.5) is 22.0 Å². The Morgan fingerprint density at radius 1 is 1.20 bits per heavy atom. The van der Waals surface area contributed by atoms with Crippen molar-refractivity contribution in [2.45, 2.75) is 84.4 Å². The van der Waals surface area contributed by atoms with E-state index in [1.807, 2.05) is 0 Å². The van der Waals surface area contributed by atoms with Gasteiger partial charge in [-0.25, -0.2) is 8.42 Å². The number of carbonyl (C=O) groups is 1. The smallest absolute Gasteiger partial charge is 0.394 e. The Morgan fingerprint density at radius 2 is 1.82 bits per heavy atom. The first-order valence-electron chi connectivity index (χ1n) is 13.0. The van der Waals surface area contributed by atoms with Crippen molar-refractivity contribution in [1.29, 1.82) is 0 Å². The number of amides is 1. The van der Waals surface area contributed by atoms with Gasteiger partial charge in [-0.1, -0.05) is 13.8 Å². The number of halogens is 5. The molecule has 0 spiro atoms. The normalized spacial score (nSPS) is 18.7. The van der Waals surface area contributed by atoms with Gasteiger partial charge < -0.3 is 10.1 Å². The summed E-state index contributed by atoms with van der Waals surface area (Å²) in [5, 5.41) is 6.82. The summed E-state index contributed by atoms with van der Waals surface area (Å²) in [6, 6.07) is 1.06. The zero-order chi connectivity index (χ0) is 30.0. The minimum absolute atomic E-state index is 0.0620. The molecule has 1 N–H and O–H groups in total. The van der Waals surface area contributed by atoms with E-state index in [0.29, 0.717) is 37.8 Å². The van der Waals surface area contributed by atoms with E-state index in [9.17, 15) is 35.2 Å². The average molecular weight is 595 g/mol. The van der Waals surface area contributed by atoms with Crippen LogP contribution in [0.15, 0.2) is 12.3 Å². The molecule has 40 heavy (non-hydrogen) atoms. The lowest BCUT2D eigenvalue weighted by molar-refractivity contribution is -0.211. The van der Waals surface area contributed by atoms with E-state index >= 15 is 0 Å².